The number of ether oxygens (including phenoxy) is 2. The first-order chi connectivity index (χ1) is 25.2. The summed E-state index contributed by atoms with van der Waals surface area (Å²) in [6.07, 6.45) is 3.16. The third kappa shape index (κ3) is 7.43. The summed E-state index contributed by atoms with van der Waals surface area (Å²) < 4.78 is 12.5. The van der Waals surface area contributed by atoms with Crippen LogP contribution in [0.1, 0.15) is 36.1 Å². The van der Waals surface area contributed by atoms with Crippen molar-refractivity contribution in [1.82, 2.24) is 30.3 Å². The van der Waals surface area contributed by atoms with Crippen molar-refractivity contribution in [1.29, 1.82) is 0 Å². The smallest absolute Gasteiger partial charge is 0.262 e. The average molecular weight is 744 g/mol. The number of halogens is 2. The van der Waals surface area contributed by atoms with Crippen molar-refractivity contribution in [3.8, 4) is 39.4 Å². The van der Waals surface area contributed by atoms with Crippen molar-refractivity contribution < 1.29 is 19.4 Å². The Balaban J connectivity index is 1.13. The first-order valence-corrected chi connectivity index (χ1v) is 18.1. The first kappa shape index (κ1) is 36.0. The maximum atomic E-state index is 13.5. The largest absolute Gasteiger partial charge is 0.481 e. The fraction of sp³-hybridized carbons (Fsp3) is 0.333. The molecule has 2 aliphatic rings. The normalized spacial score (nSPS) is 18.9. The van der Waals surface area contributed by atoms with E-state index < -0.39 is 6.10 Å². The van der Waals surface area contributed by atoms with Crippen LogP contribution in [0.2, 0.25) is 10.0 Å². The fourth-order valence-electron chi connectivity index (χ4n) is 6.89. The van der Waals surface area contributed by atoms with E-state index in [1.165, 1.54) is 4.40 Å². The molecule has 3 atom stereocenters. The number of nitrogens with one attached hydrogen (secondary N) is 3. The van der Waals surface area contributed by atoms with Gasteiger partial charge in [0.25, 0.3) is 5.56 Å². The third-order valence-corrected chi connectivity index (χ3v) is 10.6. The van der Waals surface area contributed by atoms with Gasteiger partial charge in [0, 0.05) is 84.5 Å². The molecule has 5 aromatic rings. The van der Waals surface area contributed by atoms with E-state index in [1.54, 1.807) is 13.3 Å². The summed E-state index contributed by atoms with van der Waals surface area (Å²) in [7, 11) is 1.59. The molecule has 2 aliphatic heterocycles. The molecule has 0 saturated carbocycles. The number of fused-ring (bicyclic) bond motifs is 1. The molecule has 0 radical (unpaired) electrons. The highest BCUT2D eigenvalue weighted by Crippen LogP contribution is 2.42. The number of hydrogen-bond donors (Lipinski definition) is 4. The monoisotopic (exact) mass is 742 g/mol. The molecule has 5 heterocycles. The predicted octanol–water partition coefficient (Wildman–Crippen LogP) is 5.32. The Labute approximate surface area is 311 Å². The lowest BCUT2D eigenvalue weighted by Gasteiger charge is -2.28. The number of aromatic nitrogens is 3. The van der Waals surface area contributed by atoms with Crippen LogP contribution in [-0.4, -0.2) is 70.4 Å². The van der Waals surface area contributed by atoms with Crippen molar-refractivity contribution in [3.05, 3.63) is 104 Å². The Morgan fingerprint density at radius 3 is 2.46 bits per heavy atom. The predicted molar refractivity (Wildman–Crippen MR) is 202 cm³/mol. The minimum absolute atomic E-state index is 0.0917. The average Bonchev–Trinajstić information content (AvgIpc) is 3.57. The van der Waals surface area contributed by atoms with E-state index in [0.717, 1.165) is 39.8 Å². The Bertz CT molecular complexity index is 2190. The molecule has 2 aromatic carbocycles. The van der Waals surface area contributed by atoms with Crippen LogP contribution in [0, 0.1) is 6.92 Å². The maximum absolute atomic E-state index is 13.5. The van der Waals surface area contributed by atoms with Crippen molar-refractivity contribution in [2.75, 3.05) is 26.9 Å². The first-order valence-electron chi connectivity index (χ1n) is 17.3. The zero-order chi connectivity index (χ0) is 36.4. The second-order valence-electron chi connectivity index (χ2n) is 13.2. The van der Waals surface area contributed by atoms with Crippen molar-refractivity contribution in [2.24, 2.45) is 0 Å². The highest BCUT2D eigenvalue weighted by atomic mass is 35.5. The quantitative estimate of drug-likeness (QED) is 0.142. The van der Waals surface area contributed by atoms with Gasteiger partial charge in [-0.1, -0.05) is 65.7 Å². The van der Waals surface area contributed by atoms with Crippen molar-refractivity contribution in [2.45, 2.75) is 57.5 Å². The van der Waals surface area contributed by atoms with Crippen LogP contribution in [0.3, 0.4) is 0 Å². The van der Waals surface area contributed by atoms with Crippen molar-refractivity contribution in [3.63, 3.8) is 0 Å². The zero-order valence-electron chi connectivity index (χ0n) is 28.9. The minimum Gasteiger partial charge on any atom is -0.481 e. The molecule has 0 bridgehead atoms. The Kier molecular flexibility index (Phi) is 10.9. The Hall–Kier alpha value is -4.36. The van der Waals surface area contributed by atoms with Gasteiger partial charge in [-0.2, -0.15) is 0 Å². The van der Waals surface area contributed by atoms with Gasteiger partial charge in [-0.25, -0.2) is 9.97 Å². The second kappa shape index (κ2) is 15.7. The molecule has 11 nitrogen and oxygen atoms in total. The second-order valence-corrected chi connectivity index (χ2v) is 13.9. The summed E-state index contributed by atoms with van der Waals surface area (Å²) in [6.45, 7) is 4.17. The van der Waals surface area contributed by atoms with Crippen LogP contribution in [0.25, 0.3) is 39.2 Å². The number of aliphatic hydroxyl groups is 1. The molecule has 13 heteroatoms. The lowest BCUT2D eigenvalue weighted by atomic mass is 9.97. The lowest BCUT2D eigenvalue weighted by molar-refractivity contribution is -0.119. The Morgan fingerprint density at radius 2 is 1.73 bits per heavy atom. The minimum atomic E-state index is -0.620. The number of carbonyl (C=O) groups excluding carboxylic acids is 1. The number of aryl methyl sites for hydroxylation is 1. The molecule has 2 fully saturated rings. The van der Waals surface area contributed by atoms with Crippen LogP contribution >= 0.6 is 23.2 Å². The SMILES string of the molecule is COc1nc(-c2cccc(-c3cccc(-c4ccn5c(=O)c(CN[C@@H]6CCOC[C@@H]6O)c(C)nc5c4)c3Cl)c2Cl)ccc1CNC[C@@H]1CCC(=O)N1. The van der Waals surface area contributed by atoms with Gasteiger partial charge in [0.1, 0.15) is 5.65 Å². The van der Waals surface area contributed by atoms with Crippen LogP contribution in [-0.2, 0) is 22.6 Å². The van der Waals surface area contributed by atoms with Gasteiger partial charge >= 0.3 is 0 Å². The number of nitrogens with zero attached hydrogens (tertiary/aromatic N) is 3. The summed E-state index contributed by atoms with van der Waals surface area (Å²) >= 11 is 14.2. The number of amides is 1. The summed E-state index contributed by atoms with van der Waals surface area (Å²) in [4.78, 5) is 34.6. The molecule has 0 spiro atoms. The summed E-state index contributed by atoms with van der Waals surface area (Å²) in [6, 6.07) is 19.1. The highest BCUT2D eigenvalue weighted by Gasteiger charge is 2.24. The van der Waals surface area contributed by atoms with E-state index in [2.05, 4.69) is 16.0 Å². The van der Waals surface area contributed by atoms with E-state index in [-0.39, 0.29) is 30.2 Å². The topological polar surface area (TPSA) is 139 Å². The molecule has 0 unspecified atom stereocenters. The molecule has 7 rings (SSSR count). The molecular formula is C39H40Cl2N6O5. The van der Waals surface area contributed by atoms with Crippen LogP contribution < -0.4 is 26.2 Å². The third-order valence-electron chi connectivity index (χ3n) is 9.80. The molecule has 4 N–H and O–H groups in total. The molecule has 3 aromatic heterocycles. The van der Waals surface area contributed by atoms with Gasteiger partial charge in [-0.05, 0) is 43.5 Å². The molecule has 0 aliphatic carbocycles. The summed E-state index contributed by atoms with van der Waals surface area (Å²) in [5.41, 5.74) is 6.83. The van der Waals surface area contributed by atoms with E-state index >= 15 is 0 Å². The molecule has 270 valence electrons. The lowest BCUT2D eigenvalue weighted by Crippen LogP contribution is -2.46. The zero-order valence-corrected chi connectivity index (χ0v) is 30.4. The van der Waals surface area contributed by atoms with Gasteiger partial charge in [0.05, 0.1) is 41.1 Å². The molecule has 1 amide bonds. The summed E-state index contributed by atoms with van der Waals surface area (Å²) in [5.74, 6) is 0.580. The van der Waals surface area contributed by atoms with E-state index in [4.69, 9.17) is 42.6 Å². The van der Waals surface area contributed by atoms with Crippen LogP contribution in [0.15, 0.2) is 71.7 Å². The number of aliphatic hydroxyl groups excluding tert-OH is 1. The van der Waals surface area contributed by atoms with Gasteiger partial charge in [-0.3, -0.25) is 14.0 Å². The standard InChI is InChI=1S/C39H40Cl2N6O5/c1-22-30(20-43-32-14-16-52-21-33(32)48)39(50)47-15-13-23(17-34(47)44-22)26-5-3-6-27(36(26)40)28-7-4-8-29(37(28)41)31-11-9-24(38(46-31)51-2)18-42-19-25-10-12-35(49)45-25/h3-9,11,13,15,17,25,32-33,42-43,48H,10,12,14,16,18-21H2,1-2H3,(H,45,49)/t25-,32+,33-/m0/s1. The van der Waals surface area contributed by atoms with Crippen LogP contribution in [0.5, 0.6) is 5.88 Å². The molecular weight excluding hydrogens is 703 g/mol. The number of pyridine rings is 2. The molecule has 52 heavy (non-hydrogen) atoms. The number of carbonyl (C=O) groups is 1. The molecule has 2 saturated heterocycles. The highest BCUT2D eigenvalue weighted by molar-refractivity contribution is 6.39. The maximum Gasteiger partial charge on any atom is 0.262 e. The van der Waals surface area contributed by atoms with Gasteiger partial charge in [-0.15, -0.1) is 0 Å². The Morgan fingerprint density at radius 1 is 0.981 bits per heavy atom. The number of benzene rings is 2. The van der Waals surface area contributed by atoms with E-state index in [0.29, 0.717) is 77.6 Å². The summed E-state index contributed by atoms with van der Waals surface area (Å²) in [5, 5.41) is 20.9. The number of methoxy groups -OCH3 is 1. The number of hydrogen-bond acceptors (Lipinski definition) is 9. The van der Waals surface area contributed by atoms with E-state index in [1.807, 2.05) is 67.6 Å². The van der Waals surface area contributed by atoms with Gasteiger partial charge < -0.3 is 30.5 Å². The van der Waals surface area contributed by atoms with Gasteiger partial charge in [0.15, 0.2) is 0 Å². The number of rotatable bonds is 11. The fourth-order valence-corrected chi connectivity index (χ4v) is 7.55. The van der Waals surface area contributed by atoms with E-state index in [9.17, 15) is 14.7 Å². The van der Waals surface area contributed by atoms with Crippen LogP contribution in [0.4, 0.5) is 0 Å². The van der Waals surface area contributed by atoms with Gasteiger partial charge in [0.2, 0.25) is 11.8 Å². The van der Waals surface area contributed by atoms with Crippen molar-refractivity contribution >= 4 is 34.8 Å².